The first-order valence-electron chi connectivity index (χ1n) is 0. The van der Waals surface area contributed by atoms with E-state index in [1.165, 1.54) is 0 Å². The fourth-order valence-corrected chi connectivity index (χ4v) is 0. The van der Waals surface area contributed by atoms with Gasteiger partial charge in [0.1, 0.15) is 0 Å². The van der Waals surface area contributed by atoms with Crippen LogP contribution in [0.3, 0.4) is 0 Å². The molecule has 0 unspecified atom stereocenters. The van der Waals surface area contributed by atoms with Crippen molar-refractivity contribution < 1.29 is 51.2 Å². The van der Waals surface area contributed by atoms with E-state index < -0.39 is 0 Å². The van der Waals surface area contributed by atoms with Gasteiger partial charge in [-0.15, -0.1) is 0 Å². The van der Waals surface area contributed by atoms with Gasteiger partial charge in [0.05, 0.1) is 0 Å². The molecule has 0 heterocycles. The van der Waals surface area contributed by atoms with E-state index in [2.05, 4.69) is 0 Å². The summed E-state index contributed by atoms with van der Waals surface area (Å²) in [4.78, 5) is 0. The van der Waals surface area contributed by atoms with Crippen LogP contribution in [-0.2, 0) is 51.2 Å². The summed E-state index contributed by atoms with van der Waals surface area (Å²) in [6.07, 6.45) is 0. The second kappa shape index (κ2) is 18.6. The molecule has 0 amide bonds. The van der Waals surface area contributed by atoms with Gasteiger partial charge in [0, 0.05) is 75.2 Å². The molecule has 0 saturated carbocycles. The molecule has 0 aromatic heterocycles. The Hall–Kier alpha value is 2.29. The zero-order valence-electron chi connectivity index (χ0n) is 1.44. The van der Waals surface area contributed by atoms with Crippen molar-refractivity contribution in [3.8, 4) is 0 Å². The third-order valence-corrected chi connectivity index (χ3v) is 0. The molecule has 0 rings (SSSR count). The molecule has 4 heavy (non-hydrogen) atoms. The molecule has 4 heteroatoms. The molecule has 1 radical (unpaired) electrons. The monoisotopic (exact) mass is 295 g/mol. The SMILES string of the molecule is [Fe].[Fe].[Fe].[I]. The molecule has 0 fully saturated rings. The van der Waals surface area contributed by atoms with Gasteiger partial charge in [-0.25, -0.2) is 0 Å². The quantitative estimate of drug-likeness (QED) is 0.460. The van der Waals surface area contributed by atoms with Gasteiger partial charge in [-0.3, -0.25) is 0 Å². The summed E-state index contributed by atoms with van der Waals surface area (Å²) in [5.74, 6) is 0. The summed E-state index contributed by atoms with van der Waals surface area (Å²) >= 11 is 0. The van der Waals surface area contributed by atoms with E-state index in [1.807, 2.05) is 0 Å². The molecule has 0 nitrogen and oxygen atoms in total. The minimum atomic E-state index is 0. The van der Waals surface area contributed by atoms with Crippen molar-refractivity contribution in [3.63, 3.8) is 0 Å². The molecule has 0 saturated heterocycles. The van der Waals surface area contributed by atoms with Crippen LogP contribution in [0.25, 0.3) is 0 Å². The molecule has 0 spiro atoms. The van der Waals surface area contributed by atoms with Crippen molar-refractivity contribution >= 4 is 24.0 Å². The predicted octanol–water partition coefficient (Wildman–Crippen LogP) is 0.878. The Balaban J connectivity index is 0. The fourth-order valence-electron chi connectivity index (χ4n) is 0. The number of rotatable bonds is 0. The topological polar surface area (TPSA) is 0 Å². The molecule has 0 aromatic rings. The Morgan fingerprint density at radius 2 is 0.500 bits per heavy atom. The Kier molecular flexibility index (Phi) is 156. The summed E-state index contributed by atoms with van der Waals surface area (Å²) in [6, 6.07) is 0. The molecule has 0 aliphatic heterocycles. The van der Waals surface area contributed by atoms with Crippen molar-refractivity contribution in [1.29, 1.82) is 0 Å². The van der Waals surface area contributed by atoms with Gasteiger partial charge in [0.25, 0.3) is 0 Å². The standard InChI is InChI=1S/3Fe.I. The molecular formula is Fe3I. The Morgan fingerprint density at radius 1 is 0.500 bits per heavy atom. The number of halogens is 1. The van der Waals surface area contributed by atoms with Crippen LogP contribution in [0, 0.1) is 0 Å². The van der Waals surface area contributed by atoms with Gasteiger partial charge < -0.3 is 0 Å². The summed E-state index contributed by atoms with van der Waals surface area (Å²) in [7, 11) is 0. The normalized spacial score (nSPS) is 0. The van der Waals surface area contributed by atoms with Crippen LogP contribution in [0.2, 0.25) is 0 Å². The Bertz CT molecular complexity index is 3.25. The van der Waals surface area contributed by atoms with Crippen LogP contribution in [0.5, 0.6) is 0 Å². The van der Waals surface area contributed by atoms with Gasteiger partial charge in [0.2, 0.25) is 0 Å². The van der Waals surface area contributed by atoms with Crippen molar-refractivity contribution in [2.24, 2.45) is 0 Å². The average molecular weight is 294 g/mol. The summed E-state index contributed by atoms with van der Waals surface area (Å²) in [5.41, 5.74) is 0. The third-order valence-electron chi connectivity index (χ3n) is 0. The summed E-state index contributed by atoms with van der Waals surface area (Å²) in [6.45, 7) is 0. The molecule has 0 aliphatic carbocycles. The zero-order valence-corrected chi connectivity index (χ0v) is 6.91. The second-order valence-electron chi connectivity index (χ2n) is 0. The van der Waals surface area contributed by atoms with E-state index in [9.17, 15) is 0 Å². The molecule has 0 N–H and O–H groups in total. The number of hydrogen-bond acceptors (Lipinski definition) is 0. The zero-order chi connectivity index (χ0) is 0. The first-order valence-corrected chi connectivity index (χ1v) is 0. The van der Waals surface area contributed by atoms with Crippen LogP contribution < -0.4 is 0 Å². The largest absolute Gasteiger partial charge is 0 e. The average Bonchev–Trinajstić information content (AvgIpc) is 0. The van der Waals surface area contributed by atoms with Gasteiger partial charge in [0.15, 0.2) is 0 Å². The van der Waals surface area contributed by atoms with E-state index >= 15 is 0 Å². The minimum absolute atomic E-state index is 0. The second-order valence-corrected chi connectivity index (χ2v) is 0. The maximum atomic E-state index is 0. The van der Waals surface area contributed by atoms with E-state index in [1.54, 1.807) is 0 Å². The molecule has 0 atom stereocenters. The summed E-state index contributed by atoms with van der Waals surface area (Å²) < 4.78 is 0. The van der Waals surface area contributed by atoms with Crippen molar-refractivity contribution in [3.05, 3.63) is 0 Å². The van der Waals surface area contributed by atoms with Gasteiger partial charge in [-0.2, -0.15) is 0 Å². The van der Waals surface area contributed by atoms with E-state index in [-0.39, 0.29) is 75.2 Å². The molecular weight excluding hydrogens is 294 g/mol. The smallest absolute Gasteiger partial charge is 0 e. The molecule has 31 valence electrons. The van der Waals surface area contributed by atoms with Gasteiger partial charge in [-0.1, -0.05) is 0 Å². The van der Waals surface area contributed by atoms with Gasteiger partial charge in [-0.05, 0) is 0 Å². The first kappa shape index (κ1) is 33.6. The maximum absolute atomic E-state index is 0. The van der Waals surface area contributed by atoms with Crippen LogP contribution >= 0.6 is 24.0 Å². The van der Waals surface area contributed by atoms with Gasteiger partial charge >= 0.3 is 0 Å². The third kappa shape index (κ3) is 8.86. The van der Waals surface area contributed by atoms with Crippen LogP contribution in [-0.4, -0.2) is 0 Å². The van der Waals surface area contributed by atoms with E-state index in [4.69, 9.17) is 0 Å². The summed E-state index contributed by atoms with van der Waals surface area (Å²) in [5, 5.41) is 0. The predicted molar refractivity (Wildman–Crippen MR) is 14.0 cm³/mol. The number of hydrogen-bond donors (Lipinski definition) is 0. The van der Waals surface area contributed by atoms with Crippen LogP contribution in [0.15, 0.2) is 0 Å². The maximum Gasteiger partial charge on any atom is 0 e. The molecule has 0 bridgehead atoms. The minimum Gasteiger partial charge on any atom is 0 e. The first-order chi connectivity index (χ1) is 0. The Labute approximate surface area is 74.3 Å². The fraction of sp³-hybridized carbons (Fsp3) is 0. The van der Waals surface area contributed by atoms with E-state index in [0.717, 1.165) is 0 Å². The molecule has 0 aliphatic rings. The van der Waals surface area contributed by atoms with Crippen LogP contribution in [0.1, 0.15) is 0 Å². The van der Waals surface area contributed by atoms with Crippen molar-refractivity contribution in [2.45, 2.75) is 0 Å². The van der Waals surface area contributed by atoms with Crippen LogP contribution in [0.4, 0.5) is 0 Å². The van der Waals surface area contributed by atoms with Crippen molar-refractivity contribution in [1.82, 2.24) is 0 Å². The van der Waals surface area contributed by atoms with Crippen molar-refractivity contribution in [2.75, 3.05) is 0 Å². The molecule has 0 aromatic carbocycles. The van der Waals surface area contributed by atoms with E-state index in [0.29, 0.717) is 0 Å². The Morgan fingerprint density at radius 3 is 0.500 bits per heavy atom.